The summed E-state index contributed by atoms with van der Waals surface area (Å²) in [7, 11) is 1.60. The van der Waals surface area contributed by atoms with Crippen molar-refractivity contribution in [3.05, 3.63) is 0 Å². The van der Waals surface area contributed by atoms with Gasteiger partial charge < -0.3 is 15.0 Å². The van der Waals surface area contributed by atoms with E-state index in [1.54, 1.807) is 18.9 Å². The smallest absolute Gasteiger partial charge is 0.298 e. The Labute approximate surface area is 114 Å². The van der Waals surface area contributed by atoms with E-state index in [2.05, 4.69) is 17.2 Å². The van der Waals surface area contributed by atoms with Crippen molar-refractivity contribution in [1.82, 2.24) is 15.1 Å². The van der Waals surface area contributed by atoms with E-state index in [4.69, 9.17) is 4.74 Å². The van der Waals surface area contributed by atoms with Crippen LogP contribution in [0, 0.1) is 11.8 Å². The molecule has 0 unspecified atom stereocenters. The van der Waals surface area contributed by atoms with E-state index in [1.807, 2.05) is 4.90 Å². The van der Waals surface area contributed by atoms with E-state index in [0.29, 0.717) is 45.9 Å². The van der Waals surface area contributed by atoms with Gasteiger partial charge in [0.1, 0.15) is 0 Å². The van der Waals surface area contributed by atoms with Gasteiger partial charge in [0, 0.05) is 39.8 Å². The highest BCUT2D eigenvalue weighted by atomic mass is 16.5. The molecule has 6 heteroatoms. The fourth-order valence-corrected chi connectivity index (χ4v) is 1.85. The third-order valence-corrected chi connectivity index (χ3v) is 2.89. The minimum Gasteiger partial charge on any atom is -0.383 e. The first-order valence-corrected chi connectivity index (χ1v) is 6.37. The van der Waals surface area contributed by atoms with Gasteiger partial charge in [0.15, 0.2) is 0 Å². The monoisotopic (exact) mass is 267 g/mol. The van der Waals surface area contributed by atoms with Crippen molar-refractivity contribution in [3.8, 4) is 11.8 Å². The summed E-state index contributed by atoms with van der Waals surface area (Å²) in [5, 5.41) is 2.78. The molecule has 0 saturated carbocycles. The molecule has 1 aliphatic rings. The summed E-state index contributed by atoms with van der Waals surface area (Å²) in [4.78, 5) is 26.9. The molecule has 0 spiro atoms. The highest BCUT2D eigenvalue weighted by molar-refractivity contribution is 5.93. The lowest BCUT2D eigenvalue weighted by Crippen LogP contribution is -2.51. The number of hydrogen-bond donors (Lipinski definition) is 1. The van der Waals surface area contributed by atoms with Crippen LogP contribution in [0.2, 0.25) is 0 Å². The average molecular weight is 267 g/mol. The summed E-state index contributed by atoms with van der Waals surface area (Å²) in [6.07, 6.45) is 0. The summed E-state index contributed by atoms with van der Waals surface area (Å²) in [5.41, 5.74) is 0. The normalized spacial score (nSPS) is 15.6. The van der Waals surface area contributed by atoms with Crippen LogP contribution in [-0.4, -0.2) is 74.6 Å². The van der Waals surface area contributed by atoms with Gasteiger partial charge in [0.25, 0.3) is 5.91 Å². The van der Waals surface area contributed by atoms with E-state index in [9.17, 15) is 9.59 Å². The van der Waals surface area contributed by atoms with Gasteiger partial charge in [-0.1, -0.05) is 5.92 Å². The Bertz CT molecular complexity index is 365. The number of amides is 2. The number of methoxy groups -OCH3 is 1. The van der Waals surface area contributed by atoms with Gasteiger partial charge in [-0.2, -0.15) is 0 Å². The number of nitrogens with zero attached hydrogens (tertiary/aromatic N) is 2. The quantitative estimate of drug-likeness (QED) is 0.508. The number of hydrogen-bond acceptors (Lipinski definition) is 4. The third kappa shape index (κ3) is 5.73. The Morgan fingerprint density at radius 2 is 1.95 bits per heavy atom. The summed E-state index contributed by atoms with van der Waals surface area (Å²) in [6, 6.07) is 0. The highest BCUT2D eigenvalue weighted by Crippen LogP contribution is 2.01. The number of carbonyl (C=O) groups excluding carboxylic acids is 2. The maximum absolute atomic E-state index is 11.6. The molecule has 0 aromatic carbocycles. The Balaban J connectivity index is 2.24. The van der Waals surface area contributed by atoms with E-state index in [1.165, 1.54) is 0 Å². The zero-order chi connectivity index (χ0) is 14.1. The Morgan fingerprint density at radius 1 is 1.26 bits per heavy atom. The zero-order valence-corrected chi connectivity index (χ0v) is 11.6. The molecule has 1 rings (SSSR count). The average Bonchev–Trinajstić information content (AvgIpc) is 2.40. The number of carbonyl (C=O) groups is 2. The minimum atomic E-state index is -0.133. The van der Waals surface area contributed by atoms with Crippen LogP contribution >= 0.6 is 0 Å². The number of piperazine rings is 1. The molecule has 2 amide bonds. The lowest BCUT2D eigenvalue weighted by Gasteiger charge is -2.33. The van der Waals surface area contributed by atoms with Gasteiger partial charge in [-0.3, -0.25) is 14.5 Å². The first kappa shape index (κ1) is 15.5. The van der Waals surface area contributed by atoms with E-state index in [-0.39, 0.29) is 11.8 Å². The van der Waals surface area contributed by atoms with Gasteiger partial charge in [0.05, 0.1) is 13.2 Å². The first-order valence-electron chi connectivity index (χ1n) is 6.37. The zero-order valence-electron chi connectivity index (χ0n) is 11.6. The van der Waals surface area contributed by atoms with Gasteiger partial charge >= 0.3 is 0 Å². The van der Waals surface area contributed by atoms with Crippen LogP contribution in [0.4, 0.5) is 0 Å². The van der Waals surface area contributed by atoms with Crippen LogP contribution < -0.4 is 5.32 Å². The van der Waals surface area contributed by atoms with Gasteiger partial charge in [-0.15, -0.1) is 0 Å². The molecule has 1 saturated heterocycles. The fraction of sp³-hybridized carbons (Fsp3) is 0.692. The number of ether oxygens (including phenoxy) is 1. The van der Waals surface area contributed by atoms with Crippen LogP contribution in [0.25, 0.3) is 0 Å². The van der Waals surface area contributed by atoms with Gasteiger partial charge in [0.2, 0.25) is 5.91 Å². The molecular formula is C13H21N3O3. The molecule has 106 valence electrons. The van der Waals surface area contributed by atoms with Crippen LogP contribution in [0.1, 0.15) is 6.92 Å². The molecule has 0 radical (unpaired) electrons. The molecule has 1 aliphatic heterocycles. The predicted molar refractivity (Wildman–Crippen MR) is 71.4 cm³/mol. The maximum Gasteiger partial charge on any atom is 0.298 e. The molecule has 0 atom stereocenters. The first-order chi connectivity index (χ1) is 9.17. The van der Waals surface area contributed by atoms with Crippen LogP contribution in [0.5, 0.6) is 0 Å². The van der Waals surface area contributed by atoms with Crippen LogP contribution in [0.15, 0.2) is 0 Å². The molecule has 6 nitrogen and oxygen atoms in total. The molecule has 0 bridgehead atoms. The van der Waals surface area contributed by atoms with Crippen molar-refractivity contribution < 1.29 is 14.3 Å². The second kappa shape index (κ2) is 8.51. The summed E-state index contributed by atoms with van der Waals surface area (Å²) in [5.74, 6) is 4.99. The predicted octanol–water partition coefficient (Wildman–Crippen LogP) is -1.08. The fourth-order valence-electron chi connectivity index (χ4n) is 1.85. The SMILES string of the molecule is CC#CC(=O)N1CCN(CC(=O)NCCOC)CC1. The minimum absolute atomic E-state index is 0.00910. The van der Waals surface area contributed by atoms with Crippen molar-refractivity contribution in [2.24, 2.45) is 0 Å². The van der Waals surface area contributed by atoms with Gasteiger partial charge in [-0.05, 0) is 12.8 Å². The lowest BCUT2D eigenvalue weighted by molar-refractivity contribution is -0.127. The van der Waals surface area contributed by atoms with Gasteiger partial charge in [-0.25, -0.2) is 0 Å². The largest absolute Gasteiger partial charge is 0.383 e. The second-order valence-corrected chi connectivity index (χ2v) is 4.29. The molecule has 0 aromatic heterocycles. The van der Waals surface area contributed by atoms with Crippen molar-refractivity contribution in [2.75, 3.05) is 53.0 Å². The second-order valence-electron chi connectivity index (χ2n) is 4.29. The number of rotatable bonds is 5. The van der Waals surface area contributed by atoms with Crippen molar-refractivity contribution >= 4 is 11.8 Å². The van der Waals surface area contributed by atoms with E-state index >= 15 is 0 Å². The van der Waals surface area contributed by atoms with E-state index < -0.39 is 0 Å². The Morgan fingerprint density at radius 3 is 2.53 bits per heavy atom. The number of nitrogens with one attached hydrogen (secondary N) is 1. The van der Waals surface area contributed by atoms with Crippen LogP contribution in [0.3, 0.4) is 0 Å². The van der Waals surface area contributed by atoms with Crippen molar-refractivity contribution in [1.29, 1.82) is 0 Å². The standard InChI is InChI=1S/C13H21N3O3/c1-3-4-13(18)16-8-6-15(7-9-16)11-12(17)14-5-10-19-2/h5-11H2,1-2H3,(H,14,17). The summed E-state index contributed by atoms with van der Waals surface area (Å²) < 4.78 is 4.86. The third-order valence-electron chi connectivity index (χ3n) is 2.89. The molecular weight excluding hydrogens is 246 g/mol. The molecule has 1 N–H and O–H groups in total. The summed E-state index contributed by atoms with van der Waals surface area (Å²) in [6.45, 7) is 5.72. The summed E-state index contributed by atoms with van der Waals surface area (Å²) >= 11 is 0. The lowest BCUT2D eigenvalue weighted by atomic mass is 10.3. The Kier molecular flexibility index (Phi) is 6.93. The molecule has 1 heterocycles. The molecule has 0 aliphatic carbocycles. The van der Waals surface area contributed by atoms with Crippen molar-refractivity contribution in [3.63, 3.8) is 0 Å². The maximum atomic E-state index is 11.6. The topological polar surface area (TPSA) is 61.9 Å². The van der Waals surface area contributed by atoms with Crippen LogP contribution in [-0.2, 0) is 14.3 Å². The van der Waals surface area contributed by atoms with Crippen molar-refractivity contribution in [2.45, 2.75) is 6.92 Å². The molecule has 1 fully saturated rings. The molecule has 19 heavy (non-hydrogen) atoms. The Hall–Kier alpha value is -1.58. The van der Waals surface area contributed by atoms with E-state index in [0.717, 1.165) is 0 Å². The highest BCUT2D eigenvalue weighted by Gasteiger charge is 2.21. The molecule has 0 aromatic rings.